The number of aromatic amines is 2. The van der Waals surface area contributed by atoms with Crippen LogP contribution in [0, 0.1) is 11.3 Å². The van der Waals surface area contributed by atoms with Gasteiger partial charge in [-0.3, -0.25) is 19.8 Å². The van der Waals surface area contributed by atoms with E-state index < -0.39 is 17.4 Å². The molecule has 2 aromatic rings. The number of esters is 1. The highest BCUT2D eigenvalue weighted by Crippen LogP contribution is 2.10. The Morgan fingerprint density at radius 1 is 1.45 bits per heavy atom. The number of ether oxygens (including phenoxy) is 1. The monoisotopic (exact) mass is 276 g/mol. The summed E-state index contributed by atoms with van der Waals surface area (Å²) in [5.74, 6) is -1.24. The zero-order chi connectivity index (χ0) is 14.7. The molecule has 20 heavy (non-hydrogen) atoms. The van der Waals surface area contributed by atoms with Gasteiger partial charge in [-0.1, -0.05) is 4.68 Å². The lowest BCUT2D eigenvalue weighted by Gasteiger charge is -2.00. The first-order valence-corrected chi connectivity index (χ1v) is 5.47. The van der Waals surface area contributed by atoms with E-state index in [1.807, 2.05) is 0 Å². The molecule has 1 amide bonds. The minimum atomic E-state index is -0.672. The van der Waals surface area contributed by atoms with Crippen molar-refractivity contribution < 1.29 is 19.0 Å². The van der Waals surface area contributed by atoms with Crippen LogP contribution in [0.4, 0.5) is 0 Å². The molecule has 0 unspecified atom stereocenters. The second-order valence-electron chi connectivity index (χ2n) is 3.81. The summed E-state index contributed by atoms with van der Waals surface area (Å²) < 4.78 is 5.74. The van der Waals surface area contributed by atoms with E-state index in [2.05, 4.69) is 20.4 Å². The van der Waals surface area contributed by atoms with Crippen LogP contribution in [0.15, 0.2) is 17.2 Å². The minimum Gasteiger partial charge on any atom is -0.465 e. The number of nitrogens with one attached hydrogen (secondary N) is 3. The van der Waals surface area contributed by atoms with Crippen molar-refractivity contribution in [3.63, 3.8) is 0 Å². The zero-order valence-corrected chi connectivity index (χ0v) is 10.4. The van der Waals surface area contributed by atoms with Gasteiger partial charge in [0.25, 0.3) is 11.5 Å². The first-order valence-electron chi connectivity index (χ1n) is 5.47. The number of aromatic nitrogens is 3. The van der Waals surface area contributed by atoms with Gasteiger partial charge in [-0.2, -0.15) is 5.26 Å². The number of methoxy groups -OCH3 is 1. The summed E-state index contributed by atoms with van der Waals surface area (Å²) in [5, 5.41) is 13.5. The second kappa shape index (κ2) is 5.23. The van der Waals surface area contributed by atoms with Gasteiger partial charge in [-0.15, -0.1) is 5.43 Å². The zero-order valence-electron chi connectivity index (χ0n) is 10.4. The summed E-state index contributed by atoms with van der Waals surface area (Å²) in [7, 11) is 1.20. The molecular formula is C11H10N5O4+. The molecule has 0 atom stereocenters. The fraction of sp³-hybridized carbons (Fsp3) is 0.182. The average Bonchev–Trinajstić information content (AvgIpc) is 2.79. The maximum atomic E-state index is 11.7. The number of rotatable bonds is 3. The number of fused-ring (bicyclic) bond motifs is 1. The fourth-order valence-electron chi connectivity index (χ4n) is 1.67. The van der Waals surface area contributed by atoms with Crippen molar-refractivity contribution in [3.05, 3.63) is 28.3 Å². The van der Waals surface area contributed by atoms with Crippen LogP contribution in [0.25, 0.3) is 10.9 Å². The highest BCUT2D eigenvalue weighted by atomic mass is 16.5. The number of H-pyrrole nitrogens is 2. The summed E-state index contributed by atoms with van der Waals surface area (Å²) in [6.07, 6.45) is 2.27. The van der Waals surface area contributed by atoms with E-state index in [0.29, 0.717) is 0 Å². The maximum Gasteiger partial charge on any atom is 0.346 e. The van der Waals surface area contributed by atoms with Crippen LogP contribution in [-0.4, -0.2) is 29.2 Å². The summed E-state index contributed by atoms with van der Waals surface area (Å²) in [4.78, 5) is 34.6. The van der Waals surface area contributed by atoms with E-state index in [4.69, 9.17) is 5.26 Å². The van der Waals surface area contributed by atoms with Gasteiger partial charge in [0.2, 0.25) is 12.4 Å². The van der Waals surface area contributed by atoms with E-state index in [9.17, 15) is 14.4 Å². The van der Waals surface area contributed by atoms with Gasteiger partial charge in [0.1, 0.15) is 11.8 Å². The number of carbonyl (C=O) groups is 2. The predicted molar refractivity (Wildman–Crippen MR) is 65.1 cm³/mol. The van der Waals surface area contributed by atoms with Crippen molar-refractivity contribution >= 4 is 22.8 Å². The molecule has 0 aromatic carbocycles. The molecule has 3 N–H and O–H groups in total. The third kappa shape index (κ3) is 2.35. The molecule has 0 saturated carbocycles. The van der Waals surface area contributed by atoms with Gasteiger partial charge in [0.15, 0.2) is 5.56 Å². The molecule has 2 heterocycles. The minimum absolute atomic E-state index is 0.0700. The first-order chi connectivity index (χ1) is 9.56. The van der Waals surface area contributed by atoms with Crippen LogP contribution in [0.3, 0.4) is 0 Å². The van der Waals surface area contributed by atoms with Crippen molar-refractivity contribution in [2.45, 2.75) is 6.42 Å². The summed E-state index contributed by atoms with van der Waals surface area (Å²) >= 11 is 0. The van der Waals surface area contributed by atoms with Crippen molar-refractivity contribution in [1.82, 2.24) is 10.2 Å². The third-order valence-electron chi connectivity index (χ3n) is 2.52. The van der Waals surface area contributed by atoms with Gasteiger partial charge in [0.05, 0.1) is 18.7 Å². The lowest BCUT2D eigenvalue weighted by Crippen LogP contribution is -2.48. The van der Waals surface area contributed by atoms with E-state index in [1.54, 1.807) is 6.07 Å². The van der Waals surface area contributed by atoms with Gasteiger partial charge in [0, 0.05) is 0 Å². The Morgan fingerprint density at radius 2 is 2.20 bits per heavy atom. The molecule has 102 valence electrons. The maximum absolute atomic E-state index is 11.7. The average molecular weight is 276 g/mol. The fourth-order valence-corrected chi connectivity index (χ4v) is 1.67. The van der Waals surface area contributed by atoms with Crippen LogP contribution in [0.2, 0.25) is 0 Å². The Balaban J connectivity index is 2.54. The smallest absolute Gasteiger partial charge is 0.346 e. The number of nitrogens with zero attached hydrogens (tertiary/aromatic N) is 2. The van der Waals surface area contributed by atoms with E-state index in [1.165, 1.54) is 19.5 Å². The van der Waals surface area contributed by atoms with E-state index in [0.717, 1.165) is 4.68 Å². The molecule has 0 saturated heterocycles. The van der Waals surface area contributed by atoms with Crippen LogP contribution >= 0.6 is 0 Å². The molecule has 2 aromatic heterocycles. The van der Waals surface area contributed by atoms with Gasteiger partial charge in [-0.05, 0) is 0 Å². The van der Waals surface area contributed by atoms with E-state index in [-0.39, 0.29) is 22.9 Å². The van der Waals surface area contributed by atoms with E-state index >= 15 is 0 Å². The van der Waals surface area contributed by atoms with Crippen molar-refractivity contribution in [1.29, 1.82) is 5.26 Å². The second-order valence-corrected chi connectivity index (χ2v) is 3.81. The Bertz CT molecular complexity index is 782. The molecule has 0 radical (unpaired) electrons. The molecular weight excluding hydrogens is 266 g/mol. The number of pyridine rings is 1. The molecule has 2 rings (SSSR count). The van der Waals surface area contributed by atoms with Crippen molar-refractivity contribution in [2.24, 2.45) is 0 Å². The molecule has 0 fully saturated rings. The third-order valence-corrected chi connectivity index (χ3v) is 2.52. The molecule has 0 aliphatic carbocycles. The largest absolute Gasteiger partial charge is 0.465 e. The SMILES string of the molecule is COC(=O)c1c[n+](NC(=O)CC#N)cc2c(=O)[nH][nH]c12. The Morgan fingerprint density at radius 3 is 2.85 bits per heavy atom. The molecule has 0 spiro atoms. The molecule has 0 aliphatic heterocycles. The quantitative estimate of drug-likeness (QED) is 0.484. The number of amides is 1. The highest BCUT2D eigenvalue weighted by Gasteiger charge is 2.21. The van der Waals surface area contributed by atoms with Crippen LogP contribution in [0.5, 0.6) is 0 Å². The number of hydrogen-bond donors (Lipinski definition) is 3. The molecule has 9 nitrogen and oxygen atoms in total. The summed E-state index contributed by atoms with van der Waals surface area (Å²) in [6.45, 7) is 0. The Hall–Kier alpha value is -3.15. The standard InChI is InChI=1S/C11H9N5O4/c1-20-11(19)7-5-16(15-8(17)2-3-12)4-6-9(7)13-14-10(6)18/h4-5H,2H2,1H3,(H2,14,15,17,18)/p+1. The van der Waals surface area contributed by atoms with Crippen molar-refractivity contribution in [3.8, 4) is 6.07 Å². The van der Waals surface area contributed by atoms with Crippen LogP contribution < -0.4 is 15.7 Å². The molecule has 0 aliphatic rings. The lowest BCUT2D eigenvalue weighted by molar-refractivity contribution is -0.641. The van der Waals surface area contributed by atoms with Crippen LogP contribution in [-0.2, 0) is 9.53 Å². The first kappa shape index (κ1) is 13.3. The van der Waals surface area contributed by atoms with Gasteiger partial charge < -0.3 is 4.74 Å². The van der Waals surface area contributed by atoms with Gasteiger partial charge >= 0.3 is 5.97 Å². The number of carbonyl (C=O) groups excluding carboxylic acids is 2. The topological polar surface area (TPSA) is 132 Å². The highest BCUT2D eigenvalue weighted by molar-refractivity contribution is 6.01. The number of hydrogen-bond acceptors (Lipinski definition) is 5. The normalized spacial score (nSPS) is 10.0. The lowest BCUT2D eigenvalue weighted by atomic mass is 10.2. The summed E-state index contributed by atoms with van der Waals surface area (Å²) in [6, 6.07) is 1.69. The van der Waals surface area contributed by atoms with Crippen LogP contribution in [0.1, 0.15) is 16.8 Å². The van der Waals surface area contributed by atoms with Crippen molar-refractivity contribution in [2.75, 3.05) is 12.5 Å². The molecule has 0 bridgehead atoms. The number of nitriles is 1. The Kier molecular flexibility index (Phi) is 3.47. The predicted octanol–water partition coefficient (Wildman–Crippen LogP) is -1.09. The summed E-state index contributed by atoms with van der Waals surface area (Å²) in [5.41, 5.74) is 2.24. The Labute approximate surface area is 111 Å². The molecule has 9 heteroatoms. The van der Waals surface area contributed by atoms with Gasteiger partial charge in [-0.25, -0.2) is 4.79 Å².